The lowest BCUT2D eigenvalue weighted by molar-refractivity contribution is 0.281. The normalized spacial score (nSPS) is 13.6. The van der Waals surface area contributed by atoms with Gasteiger partial charge in [0.05, 0.1) is 6.61 Å². The van der Waals surface area contributed by atoms with Gasteiger partial charge in [0.15, 0.2) is 0 Å². The van der Waals surface area contributed by atoms with E-state index in [0.717, 1.165) is 0 Å². The monoisotopic (exact) mass is 243 g/mol. The first kappa shape index (κ1) is 13.2. The third kappa shape index (κ3) is 3.61. The second kappa shape index (κ2) is 4.97. The van der Waals surface area contributed by atoms with Crippen LogP contribution in [-0.4, -0.2) is 27.7 Å². The zero-order valence-electron chi connectivity index (χ0n) is 10.1. The first-order chi connectivity index (χ1) is 7.32. The van der Waals surface area contributed by atoms with Gasteiger partial charge in [-0.1, -0.05) is 32.4 Å². The molecule has 0 saturated heterocycles. The van der Waals surface area contributed by atoms with E-state index >= 15 is 0 Å². The molecule has 0 spiro atoms. The highest BCUT2D eigenvalue weighted by atomic mass is 35.5. The summed E-state index contributed by atoms with van der Waals surface area (Å²) in [6.45, 7) is 7.99. The van der Waals surface area contributed by atoms with Gasteiger partial charge in [0.2, 0.25) is 0 Å². The quantitative estimate of drug-likeness (QED) is 0.800. The molecule has 0 radical (unpaired) electrons. The number of hydrogen-bond donors (Lipinski definition) is 2. The molecule has 5 heteroatoms. The van der Waals surface area contributed by atoms with Gasteiger partial charge < -0.3 is 10.4 Å². The molecule has 1 rings (SSSR count). The predicted octanol–water partition coefficient (Wildman–Crippen LogP) is 2.22. The van der Waals surface area contributed by atoms with Gasteiger partial charge in [-0.25, -0.2) is 9.97 Å². The van der Waals surface area contributed by atoms with Crippen molar-refractivity contribution in [3.05, 3.63) is 17.0 Å². The van der Waals surface area contributed by atoms with Crippen LogP contribution in [-0.2, 0) is 5.41 Å². The van der Waals surface area contributed by atoms with Gasteiger partial charge in [0.1, 0.15) is 16.8 Å². The van der Waals surface area contributed by atoms with Crippen LogP contribution in [0.15, 0.2) is 6.07 Å². The number of aliphatic hydroxyl groups is 1. The molecule has 0 amide bonds. The Morgan fingerprint density at radius 3 is 2.56 bits per heavy atom. The molecule has 0 aromatic carbocycles. The third-order valence-electron chi connectivity index (χ3n) is 2.03. The smallest absolute Gasteiger partial charge is 0.137 e. The van der Waals surface area contributed by atoms with Gasteiger partial charge in [0, 0.05) is 17.5 Å². The Bertz CT molecular complexity index is 363. The van der Waals surface area contributed by atoms with Crippen molar-refractivity contribution in [1.82, 2.24) is 9.97 Å². The molecule has 1 heterocycles. The topological polar surface area (TPSA) is 58.0 Å². The fourth-order valence-electron chi connectivity index (χ4n) is 1.13. The molecule has 1 aromatic rings. The summed E-state index contributed by atoms with van der Waals surface area (Å²) in [7, 11) is 0. The first-order valence-electron chi connectivity index (χ1n) is 5.25. The minimum atomic E-state index is -0.149. The van der Waals surface area contributed by atoms with E-state index in [1.807, 2.05) is 27.7 Å². The number of rotatable bonds is 3. The first-order valence-corrected chi connectivity index (χ1v) is 5.63. The number of halogens is 1. The summed E-state index contributed by atoms with van der Waals surface area (Å²) in [4.78, 5) is 8.57. The maximum atomic E-state index is 8.96. The van der Waals surface area contributed by atoms with Crippen molar-refractivity contribution < 1.29 is 5.11 Å². The fourth-order valence-corrected chi connectivity index (χ4v) is 1.31. The summed E-state index contributed by atoms with van der Waals surface area (Å²) in [5, 5.41) is 12.4. The lowest BCUT2D eigenvalue weighted by Crippen LogP contribution is -2.22. The SMILES string of the molecule is CC(CO)Nc1cc(Cl)nc(C(C)(C)C)n1. The number of nitrogens with zero attached hydrogens (tertiary/aromatic N) is 2. The minimum absolute atomic E-state index is 0.0481. The Morgan fingerprint density at radius 2 is 2.06 bits per heavy atom. The maximum Gasteiger partial charge on any atom is 0.137 e. The summed E-state index contributed by atoms with van der Waals surface area (Å²) < 4.78 is 0. The van der Waals surface area contributed by atoms with Gasteiger partial charge in [-0.15, -0.1) is 0 Å². The van der Waals surface area contributed by atoms with Crippen molar-refractivity contribution in [2.45, 2.75) is 39.2 Å². The molecule has 0 aliphatic carbocycles. The zero-order chi connectivity index (χ0) is 12.3. The second-order valence-corrected chi connectivity index (χ2v) is 5.26. The maximum absolute atomic E-state index is 8.96. The average molecular weight is 244 g/mol. The van der Waals surface area contributed by atoms with Crippen LogP contribution in [0, 0.1) is 0 Å². The van der Waals surface area contributed by atoms with Crippen LogP contribution >= 0.6 is 11.6 Å². The molecule has 1 unspecified atom stereocenters. The Labute approximate surface area is 101 Å². The van der Waals surface area contributed by atoms with E-state index in [1.54, 1.807) is 6.07 Å². The van der Waals surface area contributed by atoms with Crippen molar-refractivity contribution in [1.29, 1.82) is 0 Å². The molecule has 0 fully saturated rings. The average Bonchev–Trinajstić information content (AvgIpc) is 2.15. The summed E-state index contributed by atoms with van der Waals surface area (Å²) >= 11 is 5.93. The number of anilines is 1. The Morgan fingerprint density at radius 1 is 1.44 bits per heavy atom. The van der Waals surface area contributed by atoms with Crippen LogP contribution in [0.2, 0.25) is 5.15 Å². The molecule has 0 aliphatic rings. The van der Waals surface area contributed by atoms with Crippen LogP contribution < -0.4 is 5.32 Å². The third-order valence-corrected chi connectivity index (χ3v) is 2.23. The number of nitrogens with one attached hydrogen (secondary N) is 1. The van der Waals surface area contributed by atoms with Gasteiger partial charge in [-0.3, -0.25) is 0 Å². The number of aliphatic hydroxyl groups excluding tert-OH is 1. The van der Waals surface area contributed by atoms with E-state index in [9.17, 15) is 0 Å². The molecular formula is C11H18ClN3O. The van der Waals surface area contributed by atoms with Crippen LogP contribution in [0.3, 0.4) is 0 Å². The number of aromatic nitrogens is 2. The van der Waals surface area contributed by atoms with E-state index in [0.29, 0.717) is 16.8 Å². The lowest BCUT2D eigenvalue weighted by atomic mass is 9.96. The lowest BCUT2D eigenvalue weighted by Gasteiger charge is -2.19. The molecule has 90 valence electrons. The van der Waals surface area contributed by atoms with Crippen LogP contribution in [0.25, 0.3) is 0 Å². The number of hydrogen-bond acceptors (Lipinski definition) is 4. The fraction of sp³-hybridized carbons (Fsp3) is 0.636. The Kier molecular flexibility index (Phi) is 4.10. The standard InChI is InChI=1S/C11H18ClN3O/c1-7(6-16)13-9-5-8(12)14-10(15-9)11(2,3)4/h5,7,16H,6H2,1-4H3,(H,13,14,15). The van der Waals surface area contributed by atoms with Crippen molar-refractivity contribution in [2.24, 2.45) is 0 Å². The van der Waals surface area contributed by atoms with Crippen LogP contribution in [0.1, 0.15) is 33.5 Å². The van der Waals surface area contributed by atoms with E-state index in [4.69, 9.17) is 16.7 Å². The summed E-state index contributed by atoms with van der Waals surface area (Å²) in [6, 6.07) is 1.60. The zero-order valence-corrected chi connectivity index (χ0v) is 10.8. The molecule has 1 aromatic heterocycles. The van der Waals surface area contributed by atoms with Crippen molar-refractivity contribution in [2.75, 3.05) is 11.9 Å². The highest BCUT2D eigenvalue weighted by Crippen LogP contribution is 2.22. The predicted molar refractivity (Wildman–Crippen MR) is 65.9 cm³/mol. The molecule has 0 saturated carbocycles. The summed E-state index contributed by atoms with van der Waals surface area (Å²) in [6.07, 6.45) is 0. The molecule has 16 heavy (non-hydrogen) atoms. The van der Waals surface area contributed by atoms with E-state index in [2.05, 4.69) is 15.3 Å². The van der Waals surface area contributed by atoms with Crippen molar-refractivity contribution in [3.8, 4) is 0 Å². The molecule has 0 bridgehead atoms. The molecular weight excluding hydrogens is 226 g/mol. The summed E-state index contributed by atoms with van der Waals surface area (Å²) in [5.41, 5.74) is -0.149. The largest absolute Gasteiger partial charge is 0.394 e. The molecule has 0 aliphatic heterocycles. The van der Waals surface area contributed by atoms with E-state index < -0.39 is 0 Å². The highest BCUT2D eigenvalue weighted by molar-refractivity contribution is 6.29. The molecule has 2 N–H and O–H groups in total. The molecule has 4 nitrogen and oxygen atoms in total. The van der Waals surface area contributed by atoms with E-state index in [1.165, 1.54) is 0 Å². The van der Waals surface area contributed by atoms with Crippen LogP contribution in [0.4, 0.5) is 5.82 Å². The molecule has 1 atom stereocenters. The second-order valence-electron chi connectivity index (χ2n) is 4.88. The highest BCUT2D eigenvalue weighted by Gasteiger charge is 2.19. The van der Waals surface area contributed by atoms with Gasteiger partial charge in [-0.05, 0) is 6.92 Å². The van der Waals surface area contributed by atoms with Gasteiger partial charge in [0.25, 0.3) is 0 Å². The summed E-state index contributed by atoms with van der Waals surface area (Å²) in [5.74, 6) is 1.33. The Balaban J connectivity index is 2.99. The van der Waals surface area contributed by atoms with Crippen LogP contribution in [0.5, 0.6) is 0 Å². The van der Waals surface area contributed by atoms with E-state index in [-0.39, 0.29) is 18.1 Å². The van der Waals surface area contributed by atoms with Crippen molar-refractivity contribution >= 4 is 17.4 Å². The van der Waals surface area contributed by atoms with Gasteiger partial charge in [-0.2, -0.15) is 0 Å². The Hall–Kier alpha value is -0.870. The van der Waals surface area contributed by atoms with Gasteiger partial charge >= 0.3 is 0 Å². The minimum Gasteiger partial charge on any atom is -0.394 e. The van der Waals surface area contributed by atoms with Crippen molar-refractivity contribution in [3.63, 3.8) is 0 Å².